The van der Waals surface area contributed by atoms with E-state index in [2.05, 4.69) is 19.1 Å². The second kappa shape index (κ2) is 14.8. The molecule has 1 nitrogen and oxygen atoms in total. The molecule has 0 aromatic rings. The van der Waals surface area contributed by atoms with Crippen molar-refractivity contribution in [3.05, 3.63) is 12.2 Å². The van der Waals surface area contributed by atoms with Crippen molar-refractivity contribution in [3.8, 4) is 0 Å². The molecule has 0 saturated carbocycles. The topological polar surface area (TPSA) is 17.1 Å². The fraction of sp³-hybridized carbons (Fsp3) is 0.812. The van der Waals surface area contributed by atoms with E-state index >= 15 is 0 Å². The van der Waals surface area contributed by atoms with Gasteiger partial charge in [0.05, 0.1) is 0 Å². The smallest absolute Gasteiger partial charge is 0.221 e. The van der Waals surface area contributed by atoms with Gasteiger partial charge in [-0.3, -0.25) is 4.79 Å². The molecule has 0 radical (unpaired) electrons. The van der Waals surface area contributed by atoms with Gasteiger partial charge in [0.15, 0.2) is 0 Å². The van der Waals surface area contributed by atoms with Crippen molar-refractivity contribution in [1.29, 1.82) is 0 Å². The zero-order chi connectivity index (χ0) is 13.5. The van der Waals surface area contributed by atoms with E-state index in [1.54, 1.807) is 0 Å². The second-order valence-electron chi connectivity index (χ2n) is 4.98. The van der Waals surface area contributed by atoms with Gasteiger partial charge in [-0.05, 0) is 43.7 Å². The van der Waals surface area contributed by atoms with Gasteiger partial charge in [-0.15, -0.1) is 0 Å². The van der Waals surface area contributed by atoms with E-state index in [1.165, 1.54) is 51.4 Å². The Bertz CT molecular complexity index is 211. The molecule has 0 aliphatic carbocycles. The molecular formula is C16H29ClO. The predicted molar refractivity (Wildman–Crippen MR) is 81.1 cm³/mol. The summed E-state index contributed by atoms with van der Waals surface area (Å²) in [4.78, 5) is 10.5. The largest absolute Gasteiger partial charge is 0.281 e. The summed E-state index contributed by atoms with van der Waals surface area (Å²) in [6, 6.07) is 0. The normalized spacial score (nSPS) is 11.2. The zero-order valence-corrected chi connectivity index (χ0v) is 12.7. The van der Waals surface area contributed by atoms with E-state index in [9.17, 15) is 4.79 Å². The van der Waals surface area contributed by atoms with Crippen molar-refractivity contribution in [3.63, 3.8) is 0 Å². The highest BCUT2D eigenvalue weighted by molar-refractivity contribution is 6.63. The molecule has 0 aromatic carbocycles. The maximum atomic E-state index is 10.5. The molecule has 0 amide bonds. The molecule has 0 bridgehead atoms. The third-order valence-electron chi connectivity index (χ3n) is 3.14. The van der Waals surface area contributed by atoms with Gasteiger partial charge in [0.25, 0.3) is 0 Å². The lowest BCUT2D eigenvalue weighted by Crippen LogP contribution is -1.85. The summed E-state index contributed by atoms with van der Waals surface area (Å²) in [5, 5.41) is -0.200. The third kappa shape index (κ3) is 15.7. The SMILES string of the molecule is CCCCCCCC/C=C/CCCCCC(=O)Cl. The minimum Gasteiger partial charge on any atom is -0.281 e. The van der Waals surface area contributed by atoms with Gasteiger partial charge < -0.3 is 0 Å². The first-order chi connectivity index (χ1) is 8.77. The number of hydrogen-bond donors (Lipinski definition) is 0. The van der Waals surface area contributed by atoms with Crippen LogP contribution in [-0.2, 0) is 4.79 Å². The first-order valence-corrected chi connectivity index (χ1v) is 7.98. The summed E-state index contributed by atoms with van der Waals surface area (Å²) >= 11 is 5.27. The lowest BCUT2D eigenvalue weighted by atomic mass is 10.1. The van der Waals surface area contributed by atoms with Crippen LogP contribution in [0.25, 0.3) is 0 Å². The first-order valence-electron chi connectivity index (χ1n) is 7.60. The van der Waals surface area contributed by atoms with E-state index in [1.807, 2.05) is 0 Å². The number of halogens is 1. The number of carbonyl (C=O) groups is 1. The Kier molecular flexibility index (Phi) is 14.5. The highest BCUT2D eigenvalue weighted by Crippen LogP contribution is 2.08. The lowest BCUT2D eigenvalue weighted by molar-refractivity contribution is -0.111. The molecule has 0 spiro atoms. The van der Waals surface area contributed by atoms with E-state index in [0.29, 0.717) is 6.42 Å². The summed E-state index contributed by atoms with van der Waals surface area (Å²) < 4.78 is 0. The number of allylic oxidation sites excluding steroid dienone is 2. The summed E-state index contributed by atoms with van der Waals surface area (Å²) in [5.74, 6) is 0. The van der Waals surface area contributed by atoms with Crippen LogP contribution >= 0.6 is 11.6 Å². The Balaban J connectivity index is 3.07. The average molecular weight is 273 g/mol. The molecular weight excluding hydrogens is 244 g/mol. The molecule has 106 valence electrons. The van der Waals surface area contributed by atoms with Crippen LogP contribution in [0, 0.1) is 0 Å². The molecule has 2 heteroatoms. The predicted octanol–water partition coefficient (Wildman–Crippen LogP) is 6.01. The highest BCUT2D eigenvalue weighted by atomic mass is 35.5. The first kappa shape index (κ1) is 17.7. The Morgan fingerprint density at radius 1 is 0.833 bits per heavy atom. The summed E-state index contributed by atoms with van der Waals surface area (Å²) in [5.41, 5.74) is 0. The van der Waals surface area contributed by atoms with Crippen LogP contribution in [0.1, 0.15) is 84.0 Å². The van der Waals surface area contributed by atoms with Gasteiger partial charge in [0.1, 0.15) is 0 Å². The molecule has 0 unspecified atom stereocenters. The fourth-order valence-electron chi connectivity index (χ4n) is 1.98. The Labute approximate surface area is 118 Å². The third-order valence-corrected chi connectivity index (χ3v) is 3.32. The number of unbranched alkanes of at least 4 members (excludes halogenated alkanes) is 9. The Morgan fingerprint density at radius 3 is 1.89 bits per heavy atom. The van der Waals surface area contributed by atoms with Gasteiger partial charge >= 0.3 is 0 Å². The van der Waals surface area contributed by atoms with Crippen LogP contribution < -0.4 is 0 Å². The van der Waals surface area contributed by atoms with Crippen LogP contribution in [0.3, 0.4) is 0 Å². The molecule has 0 heterocycles. The van der Waals surface area contributed by atoms with Crippen molar-refractivity contribution in [2.45, 2.75) is 84.0 Å². The maximum absolute atomic E-state index is 10.5. The van der Waals surface area contributed by atoms with Crippen molar-refractivity contribution >= 4 is 16.8 Å². The van der Waals surface area contributed by atoms with Crippen LogP contribution in [0.2, 0.25) is 0 Å². The van der Waals surface area contributed by atoms with Crippen LogP contribution in [-0.4, -0.2) is 5.24 Å². The van der Waals surface area contributed by atoms with Gasteiger partial charge in [0, 0.05) is 6.42 Å². The van der Waals surface area contributed by atoms with E-state index in [-0.39, 0.29) is 5.24 Å². The van der Waals surface area contributed by atoms with E-state index in [0.717, 1.165) is 19.3 Å². The average Bonchev–Trinajstić information content (AvgIpc) is 2.34. The summed E-state index contributed by atoms with van der Waals surface area (Å²) in [7, 11) is 0. The maximum Gasteiger partial charge on any atom is 0.221 e. The molecule has 0 aliphatic heterocycles. The quantitative estimate of drug-likeness (QED) is 0.228. The van der Waals surface area contributed by atoms with Crippen molar-refractivity contribution < 1.29 is 4.79 Å². The minimum absolute atomic E-state index is 0.200. The van der Waals surface area contributed by atoms with Crippen molar-refractivity contribution in [1.82, 2.24) is 0 Å². The number of carbonyl (C=O) groups excluding carboxylic acids is 1. The van der Waals surface area contributed by atoms with Gasteiger partial charge in [-0.25, -0.2) is 0 Å². The van der Waals surface area contributed by atoms with Crippen LogP contribution in [0.5, 0.6) is 0 Å². The molecule has 0 atom stereocenters. The lowest BCUT2D eigenvalue weighted by Gasteiger charge is -1.98. The van der Waals surface area contributed by atoms with Gasteiger partial charge in [-0.2, -0.15) is 0 Å². The van der Waals surface area contributed by atoms with Crippen molar-refractivity contribution in [2.75, 3.05) is 0 Å². The van der Waals surface area contributed by atoms with Gasteiger partial charge in [0.2, 0.25) is 5.24 Å². The Morgan fingerprint density at radius 2 is 1.33 bits per heavy atom. The minimum atomic E-state index is -0.200. The number of hydrogen-bond acceptors (Lipinski definition) is 1. The molecule has 18 heavy (non-hydrogen) atoms. The standard InChI is InChI=1S/C16H29ClO/c1-2-3-4-5-6-7-8-9-10-11-12-13-14-15-16(17)18/h9-10H,2-8,11-15H2,1H3/b10-9+. The number of rotatable bonds is 13. The van der Waals surface area contributed by atoms with Crippen LogP contribution in [0.15, 0.2) is 12.2 Å². The summed E-state index contributed by atoms with van der Waals surface area (Å²) in [6.07, 6.45) is 19.0. The van der Waals surface area contributed by atoms with E-state index < -0.39 is 0 Å². The van der Waals surface area contributed by atoms with E-state index in [4.69, 9.17) is 11.6 Å². The molecule has 0 rings (SSSR count). The second-order valence-corrected chi connectivity index (χ2v) is 5.40. The highest BCUT2D eigenvalue weighted by Gasteiger charge is 1.94. The molecule has 0 saturated heterocycles. The summed E-state index contributed by atoms with van der Waals surface area (Å²) in [6.45, 7) is 2.26. The Hall–Kier alpha value is -0.300. The monoisotopic (exact) mass is 272 g/mol. The molecule has 0 N–H and O–H groups in total. The zero-order valence-electron chi connectivity index (χ0n) is 11.9. The van der Waals surface area contributed by atoms with Gasteiger partial charge in [-0.1, -0.05) is 57.6 Å². The van der Waals surface area contributed by atoms with Crippen LogP contribution in [0.4, 0.5) is 0 Å². The molecule has 0 aromatic heterocycles. The fourth-order valence-corrected chi connectivity index (χ4v) is 2.11. The molecule has 0 aliphatic rings. The van der Waals surface area contributed by atoms with Crippen molar-refractivity contribution in [2.24, 2.45) is 0 Å². The molecule has 0 fully saturated rings.